The topological polar surface area (TPSA) is 49.3 Å². The van der Waals surface area contributed by atoms with E-state index in [4.69, 9.17) is 11.6 Å². The summed E-state index contributed by atoms with van der Waals surface area (Å²) >= 11 is 5.79. The van der Waals surface area contributed by atoms with Crippen molar-refractivity contribution in [3.63, 3.8) is 0 Å². The van der Waals surface area contributed by atoms with E-state index in [0.29, 0.717) is 5.02 Å². The van der Waals surface area contributed by atoms with Crippen molar-refractivity contribution in [3.8, 4) is 0 Å². The molecule has 0 bridgehead atoms. The zero-order valence-corrected chi connectivity index (χ0v) is 13.4. The molecule has 5 nitrogen and oxygen atoms in total. The van der Waals surface area contributed by atoms with Crippen molar-refractivity contribution in [3.05, 3.63) is 35.9 Å². The lowest BCUT2D eigenvalue weighted by Crippen LogP contribution is -2.57. The second kappa shape index (κ2) is 6.34. The van der Waals surface area contributed by atoms with E-state index < -0.39 is 0 Å². The molecule has 1 unspecified atom stereocenters. The van der Waals surface area contributed by atoms with Gasteiger partial charge in [-0.2, -0.15) is 0 Å². The Morgan fingerprint density at radius 2 is 2.00 bits per heavy atom. The predicted octanol–water partition coefficient (Wildman–Crippen LogP) is 2.39. The summed E-state index contributed by atoms with van der Waals surface area (Å²) in [6.07, 6.45) is 9.40. The Morgan fingerprint density at radius 3 is 2.68 bits per heavy atom. The van der Waals surface area contributed by atoms with Gasteiger partial charge in [0.15, 0.2) is 0 Å². The summed E-state index contributed by atoms with van der Waals surface area (Å²) in [4.78, 5) is 25.1. The summed E-state index contributed by atoms with van der Waals surface area (Å²) in [5, 5.41) is 0.444. The van der Waals surface area contributed by atoms with Crippen LogP contribution in [-0.4, -0.2) is 57.4 Å². The van der Waals surface area contributed by atoms with Gasteiger partial charge in [0, 0.05) is 37.6 Å². The van der Waals surface area contributed by atoms with Crippen LogP contribution in [0.1, 0.15) is 36.3 Å². The van der Waals surface area contributed by atoms with E-state index in [-0.39, 0.29) is 17.3 Å². The molecule has 0 aliphatic carbocycles. The molecule has 0 saturated carbocycles. The minimum Gasteiger partial charge on any atom is -0.334 e. The van der Waals surface area contributed by atoms with Crippen molar-refractivity contribution in [2.24, 2.45) is 0 Å². The highest BCUT2D eigenvalue weighted by molar-refractivity contribution is 6.30. The Kier molecular flexibility index (Phi) is 4.45. The monoisotopic (exact) mass is 320 g/mol. The zero-order valence-electron chi connectivity index (χ0n) is 12.7. The standard InChI is InChI=1S/C16H21ClN4O/c1-2-7-21-9-4-6-16(21)5-3-8-20(12-16)15(22)14-18-10-13(17)11-19-14/h2,10-11H,1,3-9,12H2. The van der Waals surface area contributed by atoms with Crippen LogP contribution in [0, 0.1) is 0 Å². The molecular weight excluding hydrogens is 300 g/mol. The highest BCUT2D eigenvalue weighted by Crippen LogP contribution is 2.37. The highest BCUT2D eigenvalue weighted by Gasteiger charge is 2.44. The van der Waals surface area contributed by atoms with Crippen LogP contribution in [0.4, 0.5) is 0 Å². The molecule has 0 radical (unpaired) electrons. The molecule has 6 heteroatoms. The summed E-state index contributed by atoms with van der Waals surface area (Å²) in [6, 6.07) is 0. The van der Waals surface area contributed by atoms with E-state index in [1.807, 2.05) is 11.0 Å². The number of nitrogens with zero attached hydrogens (tertiary/aromatic N) is 4. The molecule has 0 N–H and O–H groups in total. The maximum Gasteiger partial charge on any atom is 0.291 e. The quantitative estimate of drug-likeness (QED) is 0.802. The lowest BCUT2D eigenvalue weighted by molar-refractivity contribution is 0.0358. The number of halogens is 1. The normalized spacial score (nSPS) is 25.6. The number of likely N-dealkylation sites (tertiary alicyclic amines) is 2. The number of hydrogen-bond acceptors (Lipinski definition) is 4. The molecule has 1 aromatic rings. The van der Waals surface area contributed by atoms with Crippen molar-refractivity contribution < 1.29 is 4.79 Å². The molecule has 2 fully saturated rings. The van der Waals surface area contributed by atoms with Gasteiger partial charge < -0.3 is 4.90 Å². The smallest absolute Gasteiger partial charge is 0.291 e. The van der Waals surface area contributed by atoms with Crippen LogP contribution >= 0.6 is 11.6 Å². The van der Waals surface area contributed by atoms with E-state index in [2.05, 4.69) is 21.4 Å². The maximum absolute atomic E-state index is 12.6. The minimum atomic E-state index is -0.0961. The Hall–Kier alpha value is -1.46. The summed E-state index contributed by atoms with van der Waals surface area (Å²) < 4.78 is 0. The highest BCUT2D eigenvalue weighted by atomic mass is 35.5. The Bertz CT molecular complexity index is 562. The van der Waals surface area contributed by atoms with Gasteiger partial charge in [0.1, 0.15) is 0 Å². The summed E-state index contributed by atoms with van der Waals surface area (Å²) in [6.45, 7) is 7.36. The lowest BCUT2D eigenvalue weighted by atomic mass is 9.86. The van der Waals surface area contributed by atoms with Crippen molar-refractivity contribution in [2.75, 3.05) is 26.2 Å². The predicted molar refractivity (Wildman–Crippen MR) is 85.9 cm³/mol. The summed E-state index contributed by atoms with van der Waals surface area (Å²) in [5.41, 5.74) is 0.106. The second-order valence-electron chi connectivity index (χ2n) is 6.12. The molecule has 0 aromatic carbocycles. The van der Waals surface area contributed by atoms with E-state index in [1.165, 1.54) is 18.8 Å². The van der Waals surface area contributed by atoms with Crippen molar-refractivity contribution in [1.82, 2.24) is 19.8 Å². The fourth-order valence-corrected chi connectivity index (χ4v) is 3.84. The first kappa shape index (κ1) is 15.4. The molecular formula is C16H21ClN4O. The van der Waals surface area contributed by atoms with Crippen LogP contribution in [0.3, 0.4) is 0 Å². The van der Waals surface area contributed by atoms with E-state index in [1.54, 1.807) is 0 Å². The summed E-state index contributed by atoms with van der Waals surface area (Å²) in [7, 11) is 0. The van der Waals surface area contributed by atoms with Gasteiger partial charge in [-0.3, -0.25) is 9.69 Å². The fourth-order valence-electron chi connectivity index (χ4n) is 3.75. The first-order chi connectivity index (χ1) is 10.6. The van der Waals surface area contributed by atoms with Gasteiger partial charge in [-0.1, -0.05) is 17.7 Å². The van der Waals surface area contributed by atoms with Crippen molar-refractivity contribution >= 4 is 17.5 Å². The fraction of sp³-hybridized carbons (Fsp3) is 0.562. The van der Waals surface area contributed by atoms with Gasteiger partial charge in [-0.15, -0.1) is 6.58 Å². The first-order valence-corrected chi connectivity index (χ1v) is 8.15. The third-order valence-electron chi connectivity index (χ3n) is 4.74. The van der Waals surface area contributed by atoms with E-state index >= 15 is 0 Å². The van der Waals surface area contributed by atoms with Crippen molar-refractivity contribution in [2.45, 2.75) is 31.2 Å². The number of rotatable bonds is 3. The maximum atomic E-state index is 12.6. The minimum absolute atomic E-state index is 0.0961. The largest absolute Gasteiger partial charge is 0.334 e. The Balaban J connectivity index is 1.76. The van der Waals surface area contributed by atoms with Gasteiger partial charge in [0.05, 0.1) is 5.02 Å². The number of aromatic nitrogens is 2. The zero-order chi connectivity index (χ0) is 15.6. The van der Waals surface area contributed by atoms with Crippen LogP contribution in [0.25, 0.3) is 0 Å². The Labute approximate surface area is 136 Å². The molecule has 1 atom stereocenters. The number of carbonyl (C=O) groups is 1. The van der Waals surface area contributed by atoms with Gasteiger partial charge in [-0.25, -0.2) is 9.97 Å². The van der Waals surface area contributed by atoms with Gasteiger partial charge in [-0.05, 0) is 32.2 Å². The number of piperidine rings is 1. The van der Waals surface area contributed by atoms with Gasteiger partial charge in [0.25, 0.3) is 5.91 Å². The molecule has 1 aromatic heterocycles. The molecule has 1 amide bonds. The molecule has 3 heterocycles. The van der Waals surface area contributed by atoms with Gasteiger partial charge in [0.2, 0.25) is 5.82 Å². The van der Waals surface area contributed by atoms with Crippen LogP contribution in [0.2, 0.25) is 5.02 Å². The third kappa shape index (κ3) is 2.88. The second-order valence-corrected chi connectivity index (χ2v) is 6.55. The van der Waals surface area contributed by atoms with E-state index in [9.17, 15) is 4.79 Å². The number of hydrogen-bond donors (Lipinski definition) is 0. The van der Waals surface area contributed by atoms with Crippen LogP contribution in [0.5, 0.6) is 0 Å². The Morgan fingerprint density at radius 1 is 1.32 bits per heavy atom. The average Bonchev–Trinajstić information content (AvgIpc) is 2.90. The summed E-state index contributed by atoms with van der Waals surface area (Å²) in [5.74, 6) is 0.135. The first-order valence-electron chi connectivity index (χ1n) is 7.77. The third-order valence-corrected chi connectivity index (χ3v) is 4.94. The van der Waals surface area contributed by atoms with Gasteiger partial charge >= 0.3 is 0 Å². The molecule has 2 aliphatic rings. The molecule has 3 rings (SSSR count). The number of amides is 1. The molecule has 2 saturated heterocycles. The van der Waals surface area contributed by atoms with E-state index in [0.717, 1.165) is 45.4 Å². The van der Waals surface area contributed by atoms with Crippen LogP contribution in [0.15, 0.2) is 25.0 Å². The lowest BCUT2D eigenvalue weighted by Gasteiger charge is -2.45. The molecule has 2 aliphatic heterocycles. The molecule has 118 valence electrons. The number of carbonyl (C=O) groups excluding carboxylic acids is 1. The average molecular weight is 321 g/mol. The van der Waals surface area contributed by atoms with Crippen LogP contribution in [-0.2, 0) is 0 Å². The van der Waals surface area contributed by atoms with Crippen LogP contribution < -0.4 is 0 Å². The SMILES string of the molecule is C=CCN1CCCC12CCCN(C(=O)c1ncc(Cl)cn1)C2. The van der Waals surface area contributed by atoms with Crippen molar-refractivity contribution in [1.29, 1.82) is 0 Å². The molecule has 1 spiro atoms. The molecule has 22 heavy (non-hydrogen) atoms.